The third-order valence-corrected chi connectivity index (χ3v) is 5.91. The van der Waals surface area contributed by atoms with Gasteiger partial charge in [-0.1, -0.05) is 6.92 Å². The molecule has 1 aromatic rings. The van der Waals surface area contributed by atoms with E-state index in [9.17, 15) is 8.42 Å². The summed E-state index contributed by atoms with van der Waals surface area (Å²) in [5, 5.41) is 4.52. The van der Waals surface area contributed by atoms with E-state index in [0.29, 0.717) is 19.4 Å². The summed E-state index contributed by atoms with van der Waals surface area (Å²) in [6.45, 7) is 5.35. The summed E-state index contributed by atoms with van der Waals surface area (Å²) in [4.78, 5) is 0. The zero-order valence-corrected chi connectivity index (χ0v) is 12.5. The molecule has 0 amide bonds. The van der Waals surface area contributed by atoms with Gasteiger partial charge < -0.3 is 5.73 Å². The third-order valence-electron chi connectivity index (χ3n) is 4.03. The van der Waals surface area contributed by atoms with Crippen LogP contribution in [0.5, 0.6) is 0 Å². The molecular weight excluding hydrogens is 262 g/mol. The lowest BCUT2D eigenvalue weighted by molar-refractivity contribution is 0.333. The summed E-state index contributed by atoms with van der Waals surface area (Å²) in [5.41, 5.74) is 7.75. The first-order valence-corrected chi connectivity index (χ1v) is 8.72. The highest BCUT2D eigenvalue weighted by Gasteiger charge is 2.41. The van der Waals surface area contributed by atoms with Gasteiger partial charge in [0.25, 0.3) is 0 Å². The van der Waals surface area contributed by atoms with E-state index in [1.807, 2.05) is 4.68 Å². The Hall–Kier alpha value is -0.880. The lowest BCUT2D eigenvalue weighted by Crippen LogP contribution is -2.34. The number of hydrogen-bond donors (Lipinski definition) is 1. The lowest BCUT2D eigenvalue weighted by Gasteiger charge is -2.25. The van der Waals surface area contributed by atoms with Gasteiger partial charge in [-0.25, -0.2) is 8.42 Å². The van der Waals surface area contributed by atoms with E-state index < -0.39 is 9.84 Å². The van der Waals surface area contributed by atoms with Crippen LogP contribution in [0.1, 0.15) is 31.7 Å². The molecule has 1 saturated heterocycles. The maximum atomic E-state index is 11.7. The van der Waals surface area contributed by atoms with Gasteiger partial charge >= 0.3 is 0 Å². The van der Waals surface area contributed by atoms with Gasteiger partial charge in [-0.05, 0) is 38.8 Å². The summed E-state index contributed by atoms with van der Waals surface area (Å²) in [6.07, 6.45) is 2.28. The number of sulfone groups is 1. The Morgan fingerprint density at radius 3 is 2.68 bits per heavy atom. The summed E-state index contributed by atoms with van der Waals surface area (Å²) in [5.74, 6) is 0.484. The van der Waals surface area contributed by atoms with Gasteiger partial charge in [0.2, 0.25) is 0 Å². The van der Waals surface area contributed by atoms with Crippen molar-refractivity contribution in [2.24, 2.45) is 11.1 Å². The van der Waals surface area contributed by atoms with Crippen LogP contribution >= 0.6 is 0 Å². The molecule has 1 aromatic heterocycles. The van der Waals surface area contributed by atoms with Crippen molar-refractivity contribution in [3.05, 3.63) is 17.5 Å². The number of aryl methyl sites for hydroxylation is 2. The minimum absolute atomic E-state index is 0.215. The Bertz CT molecular complexity index is 550. The molecule has 5 nitrogen and oxygen atoms in total. The lowest BCUT2D eigenvalue weighted by atomic mass is 9.83. The molecule has 0 saturated carbocycles. The first kappa shape index (κ1) is 14.5. The molecule has 1 unspecified atom stereocenters. The zero-order valence-electron chi connectivity index (χ0n) is 11.7. The first-order chi connectivity index (χ1) is 8.93. The van der Waals surface area contributed by atoms with Gasteiger partial charge in [0, 0.05) is 17.7 Å². The van der Waals surface area contributed by atoms with E-state index in [4.69, 9.17) is 5.73 Å². The van der Waals surface area contributed by atoms with E-state index in [-0.39, 0.29) is 16.9 Å². The highest BCUT2D eigenvalue weighted by molar-refractivity contribution is 7.91. The van der Waals surface area contributed by atoms with Crippen LogP contribution in [0.2, 0.25) is 0 Å². The van der Waals surface area contributed by atoms with Gasteiger partial charge in [0.15, 0.2) is 9.84 Å². The second kappa shape index (κ2) is 5.25. The van der Waals surface area contributed by atoms with Crippen molar-refractivity contribution >= 4 is 9.84 Å². The molecule has 0 bridgehead atoms. The highest BCUT2D eigenvalue weighted by Crippen LogP contribution is 2.35. The average molecular weight is 285 g/mol. The molecule has 108 valence electrons. The molecule has 0 aromatic carbocycles. The fraction of sp³-hybridized carbons (Fsp3) is 0.769. The van der Waals surface area contributed by atoms with Crippen LogP contribution in [0, 0.1) is 5.41 Å². The number of aromatic nitrogens is 2. The van der Waals surface area contributed by atoms with Crippen LogP contribution in [0.3, 0.4) is 0 Å². The maximum absolute atomic E-state index is 11.7. The van der Waals surface area contributed by atoms with Crippen LogP contribution in [0.4, 0.5) is 0 Å². The minimum atomic E-state index is -2.91. The van der Waals surface area contributed by atoms with Crippen molar-refractivity contribution in [3.63, 3.8) is 0 Å². The monoisotopic (exact) mass is 285 g/mol. The fourth-order valence-electron chi connectivity index (χ4n) is 2.84. The zero-order chi connectivity index (χ0) is 14.1. The quantitative estimate of drug-likeness (QED) is 0.867. The van der Waals surface area contributed by atoms with E-state index >= 15 is 0 Å². The van der Waals surface area contributed by atoms with Crippen molar-refractivity contribution in [2.45, 2.75) is 39.7 Å². The predicted octanol–water partition coefficient (Wildman–Crippen LogP) is 0.771. The van der Waals surface area contributed by atoms with Gasteiger partial charge in [-0.2, -0.15) is 5.10 Å². The third kappa shape index (κ3) is 3.00. The normalized spacial score (nSPS) is 25.8. The molecule has 2 rings (SSSR count). The summed E-state index contributed by atoms with van der Waals surface area (Å²) in [7, 11) is -2.91. The number of nitrogens with zero attached hydrogens (tertiary/aromatic N) is 2. The van der Waals surface area contributed by atoms with Crippen LogP contribution in [0.25, 0.3) is 0 Å². The Morgan fingerprint density at radius 2 is 2.21 bits per heavy atom. The Labute approximate surface area is 115 Å². The van der Waals surface area contributed by atoms with Crippen LogP contribution in [-0.2, 0) is 29.2 Å². The molecule has 1 fully saturated rings. The average Bonchev–Trinajstić information content (AvgIpc) is 2.91. The molecule has 6 heteroatoms. The van der Waals surface area contributed by atoms with Gasteiger partial charge in [-0.3, -0.25) is 4.68 Å². The van der Waals surface area contributed by atoms with Crippen LogP contribution in [0.15, 0.2) is 6.07 Å². The largest absolute Gasteiger partial charge is 0.330 e. The van der Waals surface area contributed by atoms with Gasteiger partial charge in [0.05, 0.1) is 17.2 Å². The van der Waals surface area contributed by atoms with Crippen molar-refractivity contribution in [2.75, 3.05) is 18.1 Å². The molecule has 1 aliphatic heterocycles. The predicted molar refractivity (Wildman–Crippen MR) is 75.7 cm³/mol. The summed E-state index contributed by atoms with van der Waals surface area (Å²) < 4.78 is 25.4. The summed E-state index contributed by atoms with van der Waals surface area (Å²) in [6, 6.07) is 2.09. The standard InChI is InChI=1S/C13H23N3O2S/c1-3-11-7-12(16(4-2)15-11)8-13(9-14)5-6-19(17,18)10-13/h7H,3-6,8-10,14H2,1-2H3. The van der Waals surface area contributed by atoms with Gasteiger partial charge in [0.1, 0.15) is 0 Å². The smallest absolute Gasteiger partial charge is 0.150 e. The second-order valence-electron chi connectivity index (χ2n) is 5.52. The molecule has 2 heterocycles. The molecular formula is C13H23N3O2S. The Balaban J connectivity index is 2.26. The fourth-order valence-corrected chi connectivity index (χ4v) is 5.03. The molecule has 19 heavy (non-hydrogen) atoms. The van der Waals surface area contributed by atoms with E-state index in [0.717, 1.165) is 24.4 Å². The number of nitrogens with two attached hydrogens (primary N) is 1. The van der Waals surface area contributed by atoms with E-state index in [1.165, 1.54) is 0 Å². The van der Waals surface area contributed by atoms with Crippen molar-refractivity contribution in [1.82, 2.24) is 9.78 Å². The van der Waals surface area contributed by atoms with Gasteiger partial charge in [-0.15, -0.1) is 0 Å². The molecule has 2 N–H and O–H groups in total. The Kier molecular flexibility index (Phi) is 4.01. The highest BCUT2D eigenvalue weighted by atomic mass is 32.2. The number of hydrogen-bond acceptors (Lipinski definition) is 4. The van der Waals surface area contributed by atoms with E-state index in [2.05, 4.69) is 25.0 Å². The summed E-state index contributed by atoms with van der Waals surface area (Å²) >= 11 is 0. The van der Waals surface area contributed by atoms with E-state index in [1.54, 1.807) is 0 Å². The van der Waals surface area contributed by atoms with Crippen molar-refractivity contribution < 1.29 is 8.42 Å². The second-order valence-corrected chi connectivity index (χ2v) is 7.70. The van der Waals surface area contributed by atoms with Crippen LogP contribution < -0.4 is 5.73 Å². The SMILES string of the molecule is CCc1cc(CC2(CN)CCS(=O)(=O)C2)n(CC)n1. The molecule has 0 aliphatic carbocycles. The minimum Gasteiger partial charge on any atom is -0.330 e. The topological polar surface area (TPSA) is 78.0 Å². The van der Waals surface area contributed by atoms with Crippen molar-refractivity contribution in [3.8, 4) is 0 Å². The maximum Gasteiger partial charge on any atom is 0.150 e. The van der Waals surface area contributed by atoms with Crippen molar-refractivity contribution in [1.29, 1.82) is 0 Å². The van der Waals surface area contributed by atoms with Crippen LogP contribution in [-0.4, -0.2) is 36.2 Å². The molecule has 0 spiro atoms. The number of rotatable bonds is 5. The molecule has 0 radical (unpaired) electrons. The molecule has 1 atom stereocenters. The molecule has 1 aliphatic rings. The first-order valence-electron chi connectivity index (χ1n) is 6.90. The Morgan fingerprint density at radius 1 is 1.47 bits per heavy atom.